The van der Waals surface area contributed by atoms with E-state index in [2.05, 4.69) is 26.4 Å². The Kier molecular flexibility index (Phi) is 5.32. The van der Waals surface area contributed by atoms with Crippen molar-refractivity contribution < 1.29 is 9.32 Å². The molecule has 0 bridgehead atoms. The number of carbonyl (C=O) groups is 1. The van der Waals surface area contributed by atoms with Gasteiger partial charge in [0.2, 0.25) is 5.91 Å². The third-order valence-corrected chi connectivity index (χ3v) is 5.87. The number of benzene rings is 2. The Labute approximate surface area is 171 Å². The Hall–Kier alpha value is -2.11. The van der Waals surface area contributed by atoms with Gasteiger partial charge in [0.15, 0.2) is 5.76 Å². The smallest absolute Gasteiger partial charge is 0.228 e. The molecule has 3 aromatic rings. The Bertz CT molecular complexity index is 1000. The van der Waals surface area contributed by atoms with Crippen molar-refractivity contribution in [3.8, 4) is 11.3 Å². The third kappa shape index (κ3) is 3.94. The third-order valence-electron chi connectivity index (χ3n) is 4.77. The second-order valence-corrected chi connectivity index (χ2v) is 7.92. The summed E-state index contributed by atoms with van der Waals surface area (Å²) in [5.74, 6) is 0.656. The van der Waals surface area contributed by atoms with Crippen molar-refractivity contribution in [3.05, 3.63) is 68.8 Å². The first-order valence-electron chi connectivity index (χ1n) is 8.92. The van der Waals surface area contributed by atoms with Crippen LogP contribution in [0.15, 0.2) is 51.5 Å². The molecule has 1 heterocycles. The van der Waals surface area contributed by atoms with Gasteiger partial charge in [0, 0.05) is 15.6 Å². The fourth-order valence-electron chi connectivity index (χ4n) is 3.39. The average molecular weight is 446 g/mol. The van der Waals surface area contributed by atoms with Gasteiger partial charge in [-0.2, -0.15) is 0 Å². The molecule has 1 aliphatic rings. The van der Waals surface area contributed by atoms with Gasteiger partial charge in [0.1, 0.15) is 0 Å². The van der Waals surface area contributed by atoms with Crippen LogP contribution in [-0.2, 0) is 24.1 Å². The van der Waals surface area contributed by atoms with E-state index in [9.17, 15) is 4.79 Å². The fraction of sp³-hybridized carbons (Fsp3) is 0.238. The van der Waals surface area contributed by atoms with Crippen LogP contribution in [-0.4, -0.2) is 11.1 Å². The van der Waals surface area contributed by atoms with E-state index in [0.717, 1.165) is 52.7 Å². The summed E-state index contributed by atoms with van der Waals surface area (Å²) in [6.45, 7) is 0. The summed E-state index contributed by atoms with van der Waals surface area (Å²) in [6, 6.07) is 13.2. The quantitative estimate of drug-likeness (QED) is 0.551. The molecular weight excluding hydrogens is 428 g/mol. The van der Waals surface area contributed by atoms with Crippen LogP contribution in [0.25, 0.3) is 11.3 Å². The molecule has 27 heavy (non-hydrogen) atoms. The van der Waals surface area contributed by atoms with Crippen molar-refractivity contribution in [1.29, 1.82) is 0 Å². The molecule has 1 N–H and O–H groups in total. The van der Waals surface area contributed by atoms with E-state index in [1.807, 2.05) is 36.4 Å². The van der Waals surface area contributed by atoms with E-state index in [0.29, 0.717) is 10.7 Å². The lowest BCUT2D eigenvalue weighted by atomic mass is 9.94. The van der Waals surface area contributed by atoms with E-state index in [1.165, 1.54) is 5.56 Å². The number of aryl methyl sites for hydroxylation is 1. The molecule has 0 spiro atoms. The van der Waals surface area contributed by atoms with Gasteiger partial charge in [-0.15, -0.1) is 0 Å². The summed E-state index contributed by atoms with van der Waals surface area (Å²) in [6.07, 6.45) is 4.49. The number of carbonyl (C=O) groups excluding carboxylic acids is 1. The van der Waals surface area contributed by atoms with E-state index in [-0.39, 0.29) is 12.3 Å². The SMILES string of the molecule is O=C(Cc1ccccc1Br)Nc1cc(-c2onc3c2CCCC3)ccc1Cl. The maximum absolute atomic E-state index is 12.5. The highest BCUT2D eigenvalue weighted by molar-refractivity contribution is 9.10. The number of nitrogens with zero attached hydrogens (tertiary/aromatic N) is 1. The Morgan fingerprint density at radius 1 is 1.19 bits per heavy atom. The lowest BCUT2D eigenvalue weighted by Crippen LogP contribution is -2.15. The molecule has 1 aliphatic carbocycles. The van der Waals surface area contributed by atoms with E-state index >= 15 is 0 Å². The number of fused-ring (bicyclic) bond motifs is 1. The molecule has 0 saturated heterocycles. The van der Waals surface area contributed by atoms with Crippen molar-refractivity contribution in [2.75, 3.05) is 5.32 Å². The van der Waals surface area contributed by atoms with Gasteiger partial charge in [0.25, 0.3) is 0 Å². The van der Waals surface area contributed by atoms with Crippen molar-refractivity contribution in [2.24, 2.45) is 0 Å². The lowest BCUT2D eigenvalue weighted by molar-refractivity contribution is -0.115. The molecule has 0 aliphatic heterocycles. The number of amides is 1. The summed E-state index contributed by atoms with van der Waals surface area (Å²) in [5, 5.41) is 7.62. The fourth-order valence-corrected chi connectivity index (χ4v) is 3.98. The molecule has 138 valence electrons. The molecule has 0 saturated carbocycles. The van der Waals surface area contributed by atoms with Gasteiger partial charge in [-0.25, -0.2) is 0 Å². The van der Waals surface area contributed by atoms with Crippen LogP contribution < -0.4 is 5.32 Å². The lowest BCUT2D eigenvalue weighted by Gasteiger charge is -2.12. The first-order chi connectivity index (χ1) is 13.1. The number of aromatic nitrogens is 1. The molecule has 4 rings (SSSR count). The van der Waals surface area contributed by atoms with Gasteiger partial charge in [0.05, 0.1) is 22.8 Å². The number of hydrogen-bond acceptors (Lipinski definition) is 3. The molecule has 0 unspecified atom stereocenters. The number of halogens is 2. The van der Waals surface area contributed by atoms with Crippen LogP contribution in [0.4, 0.5) is 5.69 Å². The van der Waals surface area contributed by atoms with Crippen molar-refractivity contribution >= 4 is 39.1 Å². The molecule has 0 fully saturated rings. The van der Waals surface area contributed by atoms with Crippen LogP contribution in [0, 0.1) is 0 Å². The van der Waals surface area contributed by atoms with Gasteiger partial charge in [-0.05, 0) is 55.5 Å². The number of rotatable bonds is 4. The largest absolute Gasteiger partial charge is 0.356 e. The van der Waals surface area contributed by atoms with Gasteiger partial charge in [-0.3, -0.25) is 4.79 Å². The Morgan fingerprint density at radius 2 is 2.00 bits per heavy atom. The van der Waals surface area contributed by atoms with E-state index in [4.69, 9.17) is 16.1 Å². The standard InChI is InChI=1S/C21H18BrClN2O2/c22-16-7-3-1-5-13(16)12-20(26)24-19-11-14(9-10-17(19)23)21-15-6-2-4-8-18(15)25-27-21/h1,3,5,7,9-11H,2,4,6,8,12H2,(H,24,26). The van der Waals surface area contributed by atoms with Gasteiger partial charge < -0.3 is 9.84 Å². The molecule has 1 amide bonds. The van der Waals surface area contributed by atoms with Crippen LogP contribution >= 0.6 is 27.5 Å². The molecule has 0 radical (unpaired) electrons. The molecule has 4 nitrogen and oxygen atoms in total. The van der Waals surface area contributed by atoms with Crippen molar-refractivity contribution in [3.63, 3.8) is 0 Å². The maximum Gasteiger partial charge on any atom is 0.228 e. The highest BCUT2D eigenvalue weighted by Crippen LogP contribution is 2.35. The first kappa shape index (κ1) is 18.3. The average Bonchev–Trinajstić information content (AvgIpc) is 3.10. The Morgan fingerprint density at radius 3 is 2.85 bits per heavy atom. The summed E-state index contributed by atoms with van der Waals surface area (Å²) in [5.41, 5.74) is 4.60. The zero-order chi connectivity index (χ0) is 18.8. The normalized spacial score (nSPS) is 13.3. The summed E-state index contributed by atoms with van der Waals surface area (Å²) in [4.78, 5) is 12.5. The maximum atomic E-state index is 12.5. The summed E-state index contributed by atoms with van der Waals surface area (Å²) < 4.78 is 6.51. The topological polar surface area (TPSA) is 55.1 Å². The zero-order valence-electron chi connectivity index (χ0n) is 14.6. The number of hydrogen-bond donors (Lipinski definition) is 1. The Balaban J connectivity index is 1.57. The highest BCUT2D eigenvalue weighted by atomic mass is 79.9. The van der Waals surface area contributed by atoms with Crippen molar-refractivity contribution in [1.82, 2.24) is 5.16 Å². The van der Waals surface area contributed by atoms with Gasteiger partial charge in [-0.1, -0.05) is 50.9 Å². The summed E-state index contributed by atoms with van der Waals surface area (Å²) in [7, 11) is 0. The number of anilines is 1. The molecule has 0 atom stereocenters. The second kappa shape index (κ2) is 7.87. The van der Waals surface area contributed by atoms with Crippen LogP contribution in [0.3, 0.4) is 0 Å². The van der Waals surface area contributed by atoms with Crippen molar-refractivity contribution in [2.45, 2.75) is 32.1 Å². The predicted molar refractivity (Wildman–Crippen MR) is 110 cm³/mol. The summed E-state index contributed by atoms with van der Waals surface area (Å²) >= 11 is 9.78. The minimum Gasteiger partial charge on any atom is -0.356 e. The van der Waals surface area contributed by atoms with Gasteiger partial charge >= 0.3 is 0 Å². The molecule has 1 aromatic heterocycles. The molecule has 2 aromatic carbocycles. The van der Waals surface area contributed by atoms with Crippen LogP contribution in [0.2, 0.25) is 5.02 Å². The highest BCUT2D eigenvalue weighted by Gasteiger charge is 2.21. The first-order valence-corrected chi connectivity index (χ1v) is 10.1. The van der Waals surface area contributed by atoms with E-state index in [1.54, 1.807) is 6.07 Å². The van der Waals surface area contributed by atoms with Crippen LogP contribution in [0.5, 0.6) is 0 Å². The van der Waals surface area contributed by atoms with Crippen LogP contribution in [0.1, 0.15) is 29.7 Å². The minimum absolute atomic E-state index is 0.124. The second-order valence-electron chi connectivity index (χ2n) is 6.66. The predicted octanol–water partition coefficient (Wildman–Crippen LogP) is 5.82. The molecular formula is C21H18BrClN2O2. The minimum atomic E-state index is -0.124. The zero-order valence-corrected chi connectivity index (χ0v) is 16.9. The molecule has 6 heteroatoms. The monoisotopic (exact) mass is 444 g/mol. The van der Waals surface area contributed by atoms with E-state index < -0.39 is 0 Å². The number of nitrogens with one attached hydrogen (secondary N) is 1.